The van der Waals surface area contributed by atoms with E-state index in [2.05, 4.69) is 19.1 Å². The van der Waals surface area contributed by atoms with E-state index in [0.29, 0.717) is 13.0 Å². The summed E-state index contributed by atoms with van der Waals surface area (Å²) in [5.74, 6) is -0.0552. The van der Waals surface area contributed by atoms with Crippen molar-refractivity contribution in [2.45, 2.75) is 97.3 Å². The molecule has 0 aliphatic rings. The predicted molar refractivity (Wildman–Crippen MR) is 91.5 cm³/mol. The number of carbonyl (C=O) groups excluding carboxylic acids is 1. The van der Waals surface area contributed by atoms with Gasteiger partial charge in [0.15, 0.2) is 0 Å². The van der Waals surface area contributed by atoms with Gasteiger partial charge in [0.1, 0.15) is 0 Å². The predicted octanol–water partition coefficient (Wildman–Crippen LogP) is 6.20. The summed E-state index contributed by atoms with van der Waals surface area (Å²) in [6.07, 6.45) is 20.6. The molecule has 2 nitrogen and oxygen atoms in total. The van der Waals surface area contributed by atoms with Crippen molar-refractivity contribution in [3.63, 3.8) is 0 Å². The molecule has 0 radical (unpaired) electrons. The standard InChI is InChI=1S/C19H36O2/c1-3-5-6-7-8-9-10-11-12-13-14-15-16-17-18-19(20)21-4-2/h13-14H,3-12,15-18H2,1-2H3/b14-13-. The second-order valence-corrected chi connectivity index (χ2v) is 5.79. The number of rotatable bonds is 15. The lowest BCUT2D eigenvalue weighted by Gasteiger charge is -2.00. The van der Waals surface area contributed by atoms with Crippen LogP contribution in [-0.4, -0.2) is 12.6 Å². The van der Waals surface area contributed by atoms with Crippen molar-refractivity contribution in [1.29, 1.82) is 0 Å². The Hall–Kier alpha value is -0.790. The highest BCUT2D eigenvalue weighted by Crippen LogP contribution is 2.10. The second-order valence-electron chi connectivity index (χ2n) is 5.79. The zero-order chi connectivity index (χ0) is 15.6. The van der Waals surface area contributed by atoms with E-state index >= 15 is 0 Å². The van der Waals surface area contributed by atoms with Crippen LogP contribution in [0.2, 0.25) is 0 Å². The van der Waals surface area contributed by atoms with E-state index in [4.69, 9.17) is 4.74 Å². The molecule has 0 aromatic carbocycles. The van der Waals surface area contributed by atoms with Crippen LogP contribution in [0, 0.1) is 0 Å². The summed E-state index contributed by atoms with van der Waals surface area (Å²) in [5, 5.41) is 0. The molecule has 0 aromatic heterocycles. The molecule has 2 heteroatoms. The second kappa shape index (κ2) is 17.3. The smallest absolute Gasteiger partial charge is 0.305 e. The van der Waals surface area contributed by atoms with Crippen LogP contribution in [0.5, 0.6) is 0 Å². The van der Waals surface area contributed by atoms with Crippen LogP contribution in [-0.2, 0) is 9.53 Å². The third-order valence-corrected chi connectivity index (χ3v) is 3.70. The lowest BCUT2D eigenvalue weighted by molar-refractivity contribution is -0.143. The number of esters is 1. The summed E-state index contributed by atoms with van der Waals surface area (Å²) in [6.45, 7) is 4.62. The summed E-state index contributed by atoms with van der Waals surface area (Å²) in [6, 6.07) is 0. The normalized spacial score (nSPS) is 11.1. The van der Waals surface area contributed by atoms with Gasteiger partial charge in [0.05, 0.1) is 6.61 Å². The van der Waals surface area contributed by atoms with E-state index in [1.54, 1.807) is 0 Å². The molecule has 21 heavy (non-hydrogen) atoms. The van der Waals surface area contributed by atoms with Crippen molar-refractivity contribution in [3.05, 3.63) is 12.2 Å². The fourth-order valence-corrected chi connectivity index (χ4v) is 2.40. The van der Waals surface area contributed by atoms with E-state index in [1.165, 1.54) is 57.8 Å². The molecule has 0 saturated carbocycles. The summed E-state index contributed by atoms with van der Waals surface area (Å²) < 4.78 is 4.90. The van der Waals surface area contributed by atoms with Gasteiger partial charge in [-0.05, 0) is 39.0 Å². The topological polar surface area (TPSA) is 26.3 Å². The Labute approximate surface area is 132 Å². The van der Waals surface area contributed by atoms with Crippen LogP contribution in [0.15, 0.2) is 12.2 Å². The highest BCUT2D eigenvalue weighted by Gasteiger charge is 1.99. The Balaban J connectivity index is 3.14. The largest absolute Gasteiger partial charge is 0.466 e. The zero-order valence-corrected chi connectivity index (χ0v) is 14.4. The highest BCUT2D eigenvalue weighted by atomic mass is 16.5. The number of allylic oxidation sites excluding steroid dienone is 2. The van der Waals surface area contributed by atoms with Crippen LogP contribution < -0.4 is 0 Å². The van der Waals surface area contributed by atoms with Gasteiger partial charge < -0.3 is 4.74 Å². The molecule has 0 spiro atoms. The van der Waals surface area contributed by atoms with Crippen molar-refractivity contribution in [3.8, 4) is 0 Å². The molecule has 0 aromatic rings. The summed E-state index contributed by atoms with van der Waals surface area (Å²) in [7, 11) is 0. The molecule has 0 saturated heterocycles. The first kappa shape index (κ1) is 20.2. The minimum Gasteiger partial charge on any atom is -0.466 e. The molecule has 0 unspecified atom stereocenters. The van der Waals surface area contributed by atoms with E-state index in [9.17, 15) is 4.79 Å². The van der Waals surface area contributed by atoms with Gasteiger partial charge in [0.25, 0.3) is 0 Å². The first-order valence-electron chi connectivity index (χ1n) is 9.11. The molecule has 0 N–H and O–H groups in total. The van der Waals surface area contributed by atoms with Gasteiger partial charge in [-0.1, -0.05) is 64.0 Å². The quantitative estimate of drug-likeness (QED) is 0.204. The van der Waals surface area contributed by atoms with Gasteiger partial charge in [-0.3, -0.25) is 4.79 Å². The fraction of sp³-hybridized carbons (Fsp3) is 0.842. The first-order valence-corrected chi connectivity index (χ1v) is 9.11. The summed E-state index contributed by atoms with van der Waals surface area (Å²) in [4.78, 5) is 11.1. The van der Waals surface area contributed by atoms with Crippen LogP contribution in [0.1, 0.15) is 97.3 Å². The lowest BCUT2D eigenvalue weighted by Crippen LogP contribution is -2.02. The van der Waals surface area contributed by atoms with Crippen molar-refractivity contribution in [1.82, 2.24) is 0 Å². The summed E-state index contributed by atoms with van der Waals surface area (Å²) >= 11 is 0. The summed E-state index contributed by atoms with van der Waals surface area (Å²) in [5.41, 5.74) is 0. The van der Waals surface area contributed by atoms with Crippen LogP contribution in [0.25, 0.3) is 0 Å². The number of ether oxygens (including phenoxy) is 1. The number of hydrogen-bond acceptors (Lipinski definition) is 2. The zero-order valence-electron chi connectivity index (χ0n) is 14.4. The van der Waals surface area contributed by atoms with Gasteiger partial charge in [-0.15, -0.1) is 0 Å². The van der Waals surface area contributed by atoms with Gasteiger partial charge >= 0.3 is 5.97 Å². The molecule has 0 heterocycles. The first-order chi connectivity index (χ1) is 10.3. The van der Waals surface area contributed by atoms with Crippen LogP contribution >= 0.6 is 0 Å². The van der Waals surface area contributed by atoms with Crippen molar-refractivity contribution >= 4 is 5.97 Å². The Kier molecular flexibility index (Phi) is 16.6. The average Bonchev–Trinajstić information content (AvgIpc) is 2.48. The van der Waals surface area contributed by atoms with Crippen LogP contribution in [0.4, 0.5) is 0 Å². The third kappa shape index (κ3) is 17.2. The maximum absolute atomic E-state index is 11.1. The van der Waals surface area contributed by atoms with E-state index in [1.807, 2.05) is 6.92 Å². The van der Waals surface area contributed by atoms with Gasteiger partial charge in [-0.2, -0.15) is 0 Å². The molecule has 0 aliphatic heterocycles. The van der Waals surface area contributed by atoms with Crippen LogP contribution in [0.3, 0.4) is 0 Å². The number of hydrogen-bond donors (Lipinski definition) is 0. The number of unbranched alkanes of at least 4 members (excludes halogenated alkanes) is 10. The van der Waals surface area contributed by atoms with Crippen molar-refractivity contribution < 1.29 is 9.53 Å². The van der Waals surface area contributed by atoms with E-state index in [0.717, 1.165) is 19.3 Å². The lowest BCUT2D eigenvalue weighted by atomic mass is 10.1. The highest BCUT2D eigenvalue weighted by molar-refractivity contribution is 5.69. The molecular formula is C19H36O2. The maximum Gasteiger partial charge on any atom is 0.305 e. The molecule has 124 valence electrons. The molecular weight excluding hydrogens is 260 g/mol. The monoisotopic (exact) mass is 296 g/mol. The molecule has 0 atom stereocenters. The van der Waals surface area contributed by atoms with Crippen molar-refractivity contribution in [2.24, 2.45) is 0 Å². The molecule has 0 rings (SSSR count). The molecule has 0 aliphatic carbocycles. The third-order valence-electron chi connectivity index (χ3n) is 3.70. The van der Waals surface area contributed by atoms with E-state index in [-0.39, 0.29) is 5.97 Å². The minimum atomic E-state index is -0.0552. The maximum atomic E-state index is 11.1. The Bertz CT molecular complexity index is 246. The fourth-order valence-electron chi connectivity index (χ4n) is 2.40. The minimum absolute atomic E-state index is 0.0552. The number of carbonyl (C=O) groups is 1. The Morgan fingerprint density at radius 1 is 0.762 bits per heavy atom. The average molecular weight is 296 g/mol. The van der Waals surface area contributed by atoms with Gasteiger partial charge in [0, 0.05) is 6.42 Å². The molecule has 0 amide bonds. The van der Waals surface area contributed by atoms with Crippen molar-refractivity contribution in [2.75, 3.05) is 6.61 Å². The Morgan fingerprint density at radius 3 is 1.86 bits per heavy atom. The van der Waals surface area contributed by atoms with E-state index < -0.39 is 0 Å². The SMILES string of the molecule is CCCCCCCCCC/C=C\CCCCC(=O)OCC. The van der Waals surface area contributed by atoms with Gasteiger partial charge in [0.2, 0.25) is 0 Å². The Morgan fingerprint density at radius 2 is 1.29 bits per heavy atom. The molecule has 0 fully saturated rings. The molecule has 0 bridgehead atoms. The van der Waals surface area contributed by atoms with Gasteiger partial charge in [-0.25, -0.2) is 0 Å².